The first kappa shape index (κ1) is 12.9. The molecule has 4 heterocycles. The van der Waals surface area contributed by atoms with Gasteiger partial charge in [-0.15, -0.1) is 0 Å². The highest BCUT2D eigenvalue weighted by Gasteiger charge is 2.29. The lowest BCUT2D eigenvalue weighted by atomic mass is 9.94. The van der Waals surface area contributed by atoms with Crippen molar-refractivity contribution < 1.29 is 9.21 Å². The second kappa shape index (κ2) is 5.19. The molecule has 3 aliphatic heterocycles. The van der Waals surface area contributed by atoms with E-state index < -0.39 is 0 Å². The molecule has 0 saturated carbocycles. The Labute approximate surface area is 124 Å². The second-order valence-electron chi connectivity index (χ2n) is 6.32. The van der Waals surface area contributed by atoms with E-state index in [4.69, 9.17) is 4.42 Å². The van der Waals surface area contributed by atoms with Crippen molar-refractivity contribution >= 4 is 16.9 Å². The number of rotatable bonds is 2. The maximum atomic E-state index is 12.5. The summed E-state index contributed by atoms with van der Waals surface area (Å²) in [7, 11) is 0. The summed E-state index contributed by atoms with van der Waals surface area (Å²) in [6.07, 6.45) is 5.35. The van der Waals surface area contributed by atoms with Crippen LogP contribution in [-0.2, 0) is 0 Å². The van der Waals surface area contributed by atoms with Crippen LogP contribution in [0.25, 0.3) is 11.0 Å². The minimum absolute atomic E-state index is 0.0330. The molecule has 110 valence electrons. The van der Waals surface area contributed by atoms with Gasteiger partial charge >= 0.3 is 0 Å². The topological polar surface area (TPSA) is 45.5 Å². The number of nitrogens with zero attached hydrogens (tertiary/aromatic N) is 1. The first-order valence-electron chi connectivity index (χ1n) is 7.78. The van der Waals surface area contributed by atoms with Gasteiger partial charge in [0, 0.05) is 23.5 Å². The van der Waals surface area contributed by atoms with E-state index in [0.717, 1.165) is 35.4 Å². The second-order valence-corrected chi connectivity index (χ2v) is 6.32. The van der Waals surface area contributed by atoms with Crippen LogP contribution in [0.2, 0.25) is 0 Å². The van der Waals surface area contributed by atoms with Crippen LogP contribution in [0, 0.1) is 5.92 Å². The van der Waals surface area contributed by atoms with Gasteiger partial charge in [-0.1, -0.05) is 0 Å². The number of benzene rings is 1. The van der Waals surface area contributed by atoms with Gasteiger partial charge in [-0.25, -0.2) is 0 Å². The van der Waals surface area contributed by atoms with Crippen molar-refractivity contribution in [2.75, 3.05) is 19.6 Å². The van der Waals surface area contributed by atoms with Gasteiger partial charge in [-0.05, 0) is 62.5 Å². The predicted molar refractivity (Wildman–Crippen MR) is 81.2 cm³/mol. The third-order valence-electron chi connectivity index (χ3n) is 4.85. The number of nitrogens with one attached hydrogen (secondary N) is 1. The van der Waals surface area contributed by atoms with E-state index in [2.05, 4.69) is 10.2 Å². The molecule has 2 aromatic rings. The predicted octanol–water partition coefficient (Wildman–Crippen LogP) is 2.65. The lowest BCUT2D eigenvalue weighted by Crippen LogP contribution is -2.41. The summed E-state index contributed by atoms with van der Waals surface area (Å²) in [5.41, 5.74) is 1.54. The summed E-state index contributed by atoms with van der Waals surface area (Å²) < 4.78 is 5.32. The molecule has 4 heteroatoms. The number of piperidine rings is 1. The minimum Gasteiger partial charge on any atom is -0.464 e. The van der Waals surface area contributed by atoms with Crippen LogP contribution in [0.3, 0.4) is 0 Å². The summed E-state index contributed by atoms with van der Waals surface area (Å²) in [5, 5.41) is 4.20. The van der Waals surface area contributed by atoms with E-state index in [-0.39, 0.29) is 11.9 Å². The van der Waals surface area contributed by atoms with Crippen LogP contribution in [0.1, 0.15) is 29.6 Å². The van der Waals surface area contributed by atoms with Gasteiger partial charge in [0.05, 0.1) is 6.26 Å². The molecule has 0 unspecified atom stereocenters. The molecular weight excluding hydrogens is 264 g/mol. The Hall–Kier alpha value is -1.81. The highest BCUT2D eigenvalue weighted by atomic mass is 16.3. The van der Waals surface area contributed by atoms with E-state index >= 15 is 0 Å². The lowest BCUT2D eigenvalue weighted by molar-refractivity contribution is 0.0929. The maximum Gasteiger partial charge on any atom is 0.251 e. The molecule has 3 aliphatic rings. The smallest absolute Gasteiger partial charge is 0.251 e. The number of carbonyl (C=O) groups is 1. The first-order valence-corrected chi connectivity index (χ1v) is 7.78. The minimum atomic E-state index is 0.0330. The van der Waals surface area contributed by atoms with Crippen molar-refractivity contribution in [2.24, 2.45) is 5.92 Å². The van der Waals surface area contributed by atoms with Crippen molar-refractivity contribution in [2.45, 2.75) is 25.3 Å². The van der Waals surface area contributed by atoms with Gasteiger partial charge in [0.2, 0.25) is 0 Å². The zero-order chi connectivity index (χ0) is 14.2. The Bertz CT molecular complexity index is 642. The number of amides is 1. The summed E-state index contributed by atoms with van der Waals surface area (Å²) in [6.45, 7) is 3.38. The molecule has 21 heavy (non-hydrogen) atoms. The molecule has 1 aromatic carbocycles. The lowest BCUT2D eigenvalue weighted by Gasteiger charge is -2.26. The van der Waals surface area contributed by atoms with Crippen LogP contribution in [0.15, 0.2) is 34.9 Å². The molecule has 1 atom stereocenters. The Morgan fingerprint density at radius 1 is 1.24 bits per heavy atom. The fourth-order valence-corrected chi connectivity index (χ4v) is 3.67. The third kappa shape index (κ3) is 2.56. The number of furan rings is 1. The molecule has 0 radical (unpaired) electrons. The quantitative estimate of drug-likeness (QED) is 0.922. The van der Waals surface area contributed by atoms with Gasteiger partial charge in [0.25, 0.3) is 5.91 Å². The van der Waals surface area contributed by atoms with Gasteiger partial charge in [0.1, 0.15) is 5.58 Å². The van der Waals surface area contributed by atoms with Crippen molar-refractivity contribution in [3.63, 3.8) is 0 Å². The molecule has 0 aliphatic carbocycles. The molecule has 1 aromatic heterocycles. The maximum absolute atomic E-state index is 12.5. The van der Waals surface area contributed by atoms with Crippen molar-refractivity contribution in [3.05, 3.63) is 36.1 Å². The Morgan fingerprint density at radius 3 is 2.95 bits per heavy atom. The Kier molecular flexibility index (Phi) is 3.19. The molecule has 2 bridgehead atoms. The van der Waals surface area contributed by atoms with E-state index in [9.17, 15) is 4.79 Å². The first-order chi connectivity index (χ1) is 10.3. The van der Waals surface area contributed by atoms with Gasteiger partial charge < -0.3 is 14.6 Å². The van der Waals surface area contributed by atoms with E-state index in [0.29, 0.717) is 0 Å². The number of hydrogen-bond acceptors (Lipinski definition) is 3. The van der Waals surface area contributed by atoms with Gasteiger partial charge in [-0.2, -0.15) is 0 Å². The SMILES string of the molecule is O=C(N[C@@H]1CC2CCN(CC2)C1)c1ccc2occc2c1. The van der Waals surface area contributed by atoms with Gasteiger partial charge in [-0.3, -0.25) is 4.79 Å². The summed E-state index contributed by atoms with van der Waals surface area (Å²) in [5.74, 6) is 0.816. The van der Waals surface area contributed by atoms with Crippen LogP contribution >= 0.6 is 0 Å². The van der Waals surface area contributed by atoms with Crippen LogP contribution < -0.4 is 5.32 Å². The average molecular weight is 284 g/mol. The Balaban J connectivity index is 1.49. The third-order valence-corrected chi connectivity index (χ3v) is 4.85. The zero-order valence-corrected chi connectivity index (χ0v) is 12.0. The molecule has 4 nitrogen and oxygen atoms in total. The van der Waals surface area contributed by atoms with Gasteiger partial charge in [0.15, 0.2) is 0 Å². The highest BCUT2D eigenvalue weighted by molar-refractivity contribution is 5.97. The standard InChI is InChI=1S/C17H20N2O2/c20-17(14-1-2-16-13(10-14)5-8-21-16)18-15-9-12-3-6-19(11-15)7-4-12/h1-2,5,8,10,12,15H,3-4,6-7,9,11H2,(H,18,20)/t15-/m1/s1. The monoisotopic (exact) mass is 284 g/mol. The molecular formula is C17H20N2O2. The Morgan fingerprint density at radius 2 is 2.10 bits per heavy atom. The highest BCUT2D eigenvalue weighted by Crippen LogP contribution is 2.27. The molecule has 3 saturated heterocycles. The van der Waals surface area contributed by atoms with E-state index in [1.807, 2.05) is 24.3 Å². The zero-order valence-electron chi connectivity index (χ0n) is 12.0. The molecule has 1 amide bonds. The van der Waals surface area contributed by atoms with E-state index in [1.54, 1.807) is 6.26 Å². The largest absolute Gasteiger partial charge is 0.464 e. The summed E-state index contributed by atoms with van der Waals surface area (Å²) in [6, 6.07) is 7.79. The van der Waals surface area contributed by atoms with Crippen LogP contribution in [0.5, 0.6) is 0 Å². The van der Waals surface area contributed by atoms with E-state index in [1.165, 1.54) is 25.9 Å². The fraction of sp³-hybridized carbons (Fsp3) is 0.471. The molecule has 0 spiro atoms. The molecule has 1 N–H and O–H groups in total. The average Bonchev–Trinajstić information content (AvgIpc) is 2.78. The number of carbonyl (C=O) groups excluding carboxylic acids is 1. The summed E-state index contributed by atoms with van der Waals surface area (Å²) >= 11 is 0. The van der Waals surface area contributed by atoms with Crippen LogP contribution in [0.4, 0.5) is 0 Å². The molecule has 5 rings (SSSR count). The summed E-state index contributed by atoms with van der Waals surface area (Å²) in [4.78, 5) is 14.9. The molecule has 3 fully saturated rings. The number of hydrogen-bond donors (Lipinski definition) is 1. The van der Waals surface area contributed by atoms with Crippen molar-refractivity contribution in [1.82, 2.24) is 10.2 Å². The normalized spacial score (nSPS) is 28.5. The fourth-order valence-electron chi connectivity index (χ4n) is 3.67. The van der Waals surface area contributed by atoms with Crippen molar-refractivity contribution in [3.8, 4) is 0 Å². The van der Waals surface area contributed by atoms with Crippen LogP contribution in [-0.4, -0.2) is 36.5 Å². The number of fused-ring (bicyclic) bond motifs is 5. The van der Waals surface area contributed by atoms with Crippen molar-refractivity contribution in [1.29, 1.82) is 0 Å².